The standard InChI is InChI=1S/C19H24N2O2S/c22-17(11-20-18(23)15-3-1-2-4-16(15)24)21-19-8-12-5-13(9-19)7-14(6-12)10-19/h1-4,12-14,24H,5-11H2,(H,20,23)(H,21,22). The molecule has 2 amide bonds. The number of carbonyl (C=O) groups is 2. The topological polar surface area (TPSA) is 58.2 Å². The molecule has 0 saturated heterocycles. The van der Waals surface area contributed by atoms with E-state index < -0.39 is 0 Å². The monoisotopic (exact) mass is 344 g/mol. The van der Waals surface area contributed by atoms with Gasteiger partial charge < -0.3 is 10.6 Å². The summed E-state index contributed by atoms with van der Waals surface area (Å²) < 4.78 is 0. The van der Waals surface area contributed by atoms with Crippen LogP contribution >= 0.6 is 12.6 Å². The Labute approximate surface area is 148 Å². The van der Waals surface area contributed by atoms with Crippen LogP contribution in [-0.4, -0.2) is 23.9 Å². The van der Waals surface area contributed by atoms with Crippen molar-refractivity contribution in [1.29, 1.82) is 0 Å². The van der Waals surface area contributed by atoms with Gasteiger partial charge in [0.05, 0.1) is 12.1 Å². The van der Waals surface area contributed by atoms with E-state index in [2.05, 4.69) is 23.3 Å². The maximum absolute atomic E-state index is 12.4. The summed E-state index contributed by atoms with van der Waals surface area (Å²) in [6.45, 7) is 0.0305. The van der Waals surface area contributed by atoms with Crippen LogP contribution in [0.15, 0.2) is 29.2 Å². The van der Waals surface area contributed by atoms with Crippen molar-refractivity contribution >= 4 is 24.4 Å². The molecule has 1 aromatic rings. The molecule has 0 aromatic heterocycles. The molecule has 0 unspecified atom stereocenters. The summed E-state index contributed by atoms with van der Waals surface area (Å²) >= 11 is 4.29. The first kappa shape index (κ1) is 16.0. The zero-order valence-corrected chi connectivity index (χ0v) is 14.6. The van der Waals surface area contributed by atoms with Crippen molar-refractivity contribution in [2.45, 2.75) is 49.0 Å². The van der Waals surface area contributed by atoms with E-state index in [-0.39, 0.29) is 23.9 Å². The quantitative estimate of drug-likeness (QED) is 0.736. The van der Waals surface area contributed by atoms with Gasteiger partial charge in [-0.05, 0) is 68.4 Å². The summed E-state index contributed by atoms with van der Waals surface area (Å²) in [4.78, 5) is 25.2. The van der Waals surface area contributed by atoms with E-state index in [0.29, 0.717) is 10.5 Å². The molecule has 0 radical (unpaired) electrons. The largest absolute Gasteiger partial charge is 0.349 e. The molecule has 4 nitrogen and oxygen atoms in total. The number of benzene rings is 1. The number of thiol groups is 1. The van der Waals surface area contributed by atoms with Crippen LogP contribution in [0.3, 0.4) is 0 Å². The molecule has 5 rings (SSSR count). The molecule has 5 heteroatoms. The summed E-state index contributed by atoms with van der Waals surface area (Å²) in [5.74, 6) is 2.06. The molecule has 4 fully saturated rings. The van der Waals surface area contributed by atoms with Crippen molar-refractivity contribution < 1.29 is 9.59 Å². The number of rotatable bonds is 4. The molecular formula is C19H24N2O2S. The lowest BCUT2D eigenvalue weighted by Gasteiger charge is -2.56. The van der Waals surface area contributed by atoms with E-state index in [1.54, 1.807) is 18.2 Å². The number of hydrogen-bond acceptors (Lipinski definition) is 3. The van der Waals surface area contributed by atoms with Gasteiger partial charge in [0.2, 0.25) is 5.91 Å². The number of carbonyl (C=O) groups excluding carboxylic acids is 2. The van der Waals surface area contributed by atoms with Crippen molar-refractivity contribution in [2.75, 3.05) is 6.54 Å². The summed E-state index contributed by atoms with van der Waals surface area (Å²) in [7, 11) is 0. The third-order valence-electron chi connectivity index (χ3n) is 6.00. The molecule has 1 aromatic carbocycles. The van der Waals surface area contributed by atoms with Crippen LogP contribution in [0.1, 0.15) is 48.9 Å². The molecule has 4 aliphatic carbocycles. The normalized spacial score (nSPS) is 33.3. The van der Waals surface area contributed by atoms with Crippen LogP contribution in [0, 0.1) is 17.8 Å². The Hall–Kier alpha value is -1.49. The summed E-state index contributed by atoms with van der Waals surface area (Å²) in [5, 5.41) is 6.00. The van der Waals surface area contributed by atoms with Gasteiger partial charge in [-0.1, -0.05) is 12.1 Å². The van der Waals surface area contributed by atoms with E-state index >= 15 is 0 Å². The average molecular weight is 344 g/mol. The SMILES string of the molecule is O=C(CNC(=O)c1ccccc1S)NC12CC3CC(CC(C3)C1)C2. The first-order valence-electron chi connectivity index (χ1n) is 8.90. The van der Waals surface area contributed by atoms with Crippen LogP contribution in [0.25, 0.3) is 0 Å². The van der Waals surface area contributed by atoms with Gasteiger partial charge in [0.15, 0.2) is 0 Å². The fraction of sp³-hybridized carbons (Fsp3) is 0.579. The Morgan fingerprint density at radius 3 is 2.21 bits per heavy atom. The minimum absolute atomic E-state index is 0.00197. The molecular weight excluding hydrogens is 320 g/mol. The zero-order valence-electron chi connectivity index (χ0n) is 13.8. The molecule has 24 heavy (non-hydrogen) atoms. The van der Waals surface area contributed by atoms with Gasteiger partial charge >= 0.3 is 0 Å². The van der Waals surface area contributed by atoms with Crippen molar-refractivity contribution in [2.24, 2.45) is 17.8 Å². The van der Waals surface area contributed by atoms with Crippen LogP contribution in [0.2, 0.25) is 0 Å². The van der Waals surface area contributed by atoms with Crippen LogP contribution in [-0.2, 0) is 4.79 Å². The molecule has 2 N–H and O–H groups in total. The summed E-state index contributed by atoms with van der Waals surface area (Å²) in [6.07, 6.45) is 7.42. The smallest absolute Gasteiger partial charge is 0.252 e. The van der Waals surface area contributed by atoms with Crippen LogP contribution in [0.4, 0.5) is 0 Å². The van der Waals surface area contributed by atoms with Gasteiger partial charge in [-0.2, -0.15) is 0 Å². The second-order valence-electron chi connectivity index (χ2n) is 7.95. The lowest BCUT2D eigenvalue weighted by Crippen LogP contribution is -2.61. The van der Waals surface area contributed by atoms with Gasteiger partial charge in [-0.25, -0.2) is 0 Å². The third-order valence-corrected chi connectivity index (χ3v) is 6.39. The van der Waals surface area contributed by atoms with E-state index in [1.165, 1.54) is 19.3 Å². The lowest BCUT2D eigenvalue weighted by atomic mass is 9.53. The minimum atomic E-state index is -0.249. The first-order chi connectivity index (χ1) is 11.5. The maximum atomic E-state index is 12.4. The highest BCUT2D eigenvalue weighted by Gasteiger charge is 2.51. The summed E-state index contributed by atoms with van der Waals surface area (Å²) in [5.41, 5.74) is 0.501. The second-order valence-corrected chi connectivity index (χ2v) is 8.43. The van der Waals surface area contributed by atoms with E-state index in [0.717, 1.165) is 37.0 Å². The molecule has 4 bridgehead atoms. The van der Waals surface area contributed by atoms with Crippen molar-refractivity contribution in [1.82, 2.24) is 10.6 Å². The molecule has 128 valence electrons. The lowest BCUT2D eigenvalue weighted by molar-refractivity contribution is -0.125. The Balaban J connectivity index is 1.34. The Morgan fingerprint density at radius 1 is 1.04 bits per heavy atom. The molecule has 0 aliphatic heterocycles. The maximum Gasteiger partial charge on any atom is 0.252 e. The van der Waals surface area contributed by atoms with Crippen molar-refractivity contribution in [3.63, 3.8) is 0 Å². The van der Waals surface area contributed by atoms with Crippen molar-refractivity contribution in [3.8, 4) is 0 Å². The predicted molar refractivity (Wildman–Crippen MR) is 95.1 cm³/mol. The number of amides is 2. The van der Waals surface area contributed by atoms with Crippen molar-refractivity contribution in [3.05, 3.63) is 29.8 Å². The number of hydrogen-bond donors (Lipinski definition) is 3. The van der Waals surface area contributed by atoms with Gasteiger partial charge in [-0.3, -0.25) is 9.59 Å². The van der Waals surface area contributed by atoms with Gasteiger partial charge in [0.25, 0.3) is 5.91 Å². The molecule has 0 atom stereocenters. The Kier molecular flexibility index (Phi) is 4.07. The van der Waals surface area contributed by atoms with Gasteiger partial charge in [-0.15, -0.1) is 12.6 Å². The number of nitrogens with one attached hydrogen (secondary N) is 2. The van der Waals surface area contributed by atoms with E-state index in [1.807, 2.05) is 6.07 Å². The predicted octanol–water partition coefficient (Wildman–Crippen LogP) is 2.79. The molecule has 0 spiro atoms. The zero-order chi connectivity index (χ0) is 16.7. The average Bonchev–Trinajstić information content (AvgIpc) is 2.51. The van der Waals surface area contributed by atoms with E-state index in [4.69, 9.17) is 0 Å². The Morgan fingerprint density at radius 2 is 1.62 bits per heavy atom. The highest BCUT2D eigenvalue weighted by Crippen LogP contribution is 2.55. The first-order valence-corrected chi connectivity index (χ1v) is 9.35. The van der Waals surface area contributed by atoms with Gasteiger partial charge in [0, 0.05) is 10.4 Å². The van der Waals surface area contributed by atoms with E-state index in [9.17, 15) is 9.59 Å². The molecule has 4 saturated carbocycles. The van der Waals surface area contributed by atoms with Crippen LogP contribution in [0.5, 0.6) is 0 Å². The Bertz CT molecular complexity index is 638. The fourth-order valence-corrected chi connectivity index (χ4v) is 5.79. The molecule has 0 heterocycles. The third kappa shape index (κ3) is 3.06. The van der Waals surface area contributed by atoms with Crippen LogP contribution < -0.4 is 10.6 Å². The molecule has 4 aliphatic rings. The fourth-order valence-electron chi connectivity index (χ4n) is 5.53. The minimum Gasteiger partial charge on any atom is -0.349 e. The van der Waals surface area contributed by atoms with Gasteiger partial charge in [0.1, 0.15) is 0 Å². The second kappa shape index (κ2) is 6.10. The summed E-state index contributed by atoms with van der Waals surface area (Å²) in [6, 6.07) is 7.12. The highest BCUT2D eigenvalue weighted by molar-refractivity contribution is 7.80. The highest BCUT2D eigenvalue weighted by atomic mass is 32.1.